The van der Waals surface area contributed by atoms with Crippen molar-refractivity contribution in [2.75, 3.05) is 6.54 Å². The number of benzene rings is 2. The number of amides is 1. The van der Waals surface area contributed by atoms with Crippen molar-refractivity contribution < 1.29 is 9.59 Å². The van der Waals surface area contributed by atoms with Gasteiger partial charge in [-0.1, -0.05) is 38.1 Å². The summed E-state index contributed by atoms with van der Waals surface area (Å²) < 4.78 is 0. The van der Waals surface area contributed by atoms with Crippen molar-refractivity contribution in [2.24, 2.45) is 11.8 Å². The van der Waals surface area contributed by atoms with Crippen molar-refractivity contribution in [2.45, 2.75) is 76.9 Å². The second-order valence-electron chi connectivity index (χ2n) is 11.6. The molecule has 1 saturated heterocycles. The molecule has 2 bridgehead atoms. The Morgan fingerprint density at radius 3 is 2.51 bits per heavy atom. The van der Waals surface area contributed by atoms with Gasteiger partial charge in [0, 0.05) is 46.8 Å². The Labute approximate surface area is 219 Å². The van der Waals surface area contributed by atoms with Gasteiger partial charge in [-0.3, -0.25) is 19.5 Å². The Morgan fingerprint density at radius 2 is 1.73 bits per heavy atom. The van der Waals surface area contributed by atoms with Crippen molar-refractivity contribution in [1.29, 1.82) is 0 Å². The van der Waals surface area contributed by atoms with Crippen molar-refractivity contribution in [3.8, 4) is 0 Å². The second-order valence-corrected chi connectivity index (χ2v) is 11.6. The van der Waals surface area contributed by atoms with Crippen LogP contribution in [0.15, 0.2) is 54.7 Å². The average molecular weight is 496 g/mol. The Bertz CT molecular complexity index is 1320. The van der Waals surface area contributed by atoms with Crippen LogP contribution in [0.2, 0.25) is 0 Å². The molecule has 5 heteroatoms. The number of fused-ring (bicyclic) bond motifs is 6. The molecule has 37 heavy (non-hydrogen) atoms. The third kappa shape index (κ3) is 4.59. The van der Waals surface area contributed by atoms with Gasteiger partial charge in [-0.2, -0.15) is 0 Å². The highest BCUT2D eigenvalue weighted by Crippen LogP contribution is 2.53. The van der Waals surface area contributed by atoms with Crippen molar-refractivity contribution in [3.63, 3.8) is 0 Å². The molecule has 192 valence electrons. The van der Waals surface area contributed by atoms with Crippen LogP contribution in [0.5, 0.6) is 0 Å². The Morgan fingerprint density at radius 1 is 0.946 bits per heavy atom. The van der Waals surface area contributed by atoms with Gasteiger partial charge >= 0.3 is 0 Å². The predicted molar refractivity (Wildman–Crippen MR) is 147 cm³/mol. The zero-order valence-corrected chi connectivity index (χ0v) is 22.0. The zero-order valence-electron chi connectivity index (χ0n) is 22.0. The minimum atomic E-state index is 0.0174. The zero-order chi connectivity index (χ0) is 25.5. The molecule has 5 nitrogen and oxygen atoms in total. The molecule has 3 aromatic rings. The smallest absolute Gasteiger partial charge is 0.252 e. The molecule has 2 aliphatic heterocycles. The van der Waals surface area contributed by atoms with E-state index in [1.165, 1.54) is 43.2 Å². The molecule has 2 unspecified atom stereocenters. The van der Waals surface area contributed by atoms with Crippen LogP contribution < -0.4 is 5.32 Å². The third-order valence-corrected chi connectivity index (χ3v) is 9.00. The van der Waals surface area contributed by atoms with Crippen LogP contribution >= 0.6 is 0 Å². The lowest BCUT2D eigenvalue weighted by molar-refractivity contribution is 0.0917. The lowest BCUT2D eigenvalue weighted by atomic mass is 9.84. The quantitative estimate of drug-likeness (QED) is 0.373. The third-order valence-electron chi connectivity index (χ3n) is 9.00. The Kier molecular flexibility index (Phi) is 6.58. The van der Waals surface area contributed by atoms with Gasteiger partial charge < -0.3 is 5.32 Å². The molecule has 1 aliphatic carbocycles. The molecular weight excluding hydrogens is 458 g/mol. The first-order valence-electron chi connectivity index (χ1n) is 14.1. The molecule has 2 fully saturated rings. The van der Waals surface area contributed by atoms with Crippen LogP contribution in [0.3, 0.4) is 0 Å². The highest BCUT2D eigenvalue weighted by molar-refractivity contribution is 6.06. The van der Waals surface area contributed by atoms with Crippen LogP contribution in [0.4, 0.5) is 0 Å². The van der Waals surface area contributed by atoms with E-state index in [2.05, 4.69) is 27.3 Å². The van der Waals surface area contributed by atoms with Crippen LogP contribution in [0, 0.1) is 11.8 Å². The minimum Gasteiger partial charge on any atom is -0.349 e. The largest absolute Gasteiger partial charge is 0.349 e. The minimum absolute atomic E-state index is 0.0174. The number of nitrogens with zero attached hydrogens (tertiary/aromatic N) is 2. The topological polar surface area (TPSA) is 62.3 Å². The number of ketones is 1. The number of aromatic nitrogens is 1. The lowest BCUT2D eigenvalue weighted by Gasteiger charge is -2.31. The summed E-state index contributed by atoms with van der Waals surface area (Å²) in [5, 5.41) is 4.21. The number of carbonyl (C=O) groups is 2. The average Bonchev–Trinajstić information content (AvgIpc) is 3.47. The molecule has 3 heterocycles. The monoisotopic (exact) mass is 495 g/mol. The molecule has 1 saturated carbocycles. The van der Waals surface area contributed by atoms with Crippen LogP contribution in [-0.2, 0) is 0 Å². The van der Waals surface area contributed by atoms with Crippen LogP contribution in [0.1, 0.15) is 103 Å². The maximum atomic E-state index is 13.0. The SMILES string of the molecule is CC(C)C(=O)c1ccc2c(c1)C1CCC2N1CCC1CCC(NC(=O)c2cccc3ncccc23)CC1. The molecule has 2 atom stereocenters. The molecule has 0 spiro atoms. The van der Waals surface area contributed by atoms with Crippen molar-refractivity contribution in [3.05, 3.63) is 77.0 Å². The Hall–Kier alpha value is -3.05. The summed E-state index contributed by atoms with van der Waals surface area (Å²) in [6.45, 7) is 5.09. The molecule has 0 radical (unpaired) electrons. The number of pyridine rings is 1. The summed E-state index contributed by atoms with van der Waals surface area (Å²) in [4.78, 5) is 32.7. The van der Waals surface area contributed by atoms with E-state index in [9.17, 15) is 9.59 Å². The summed E-state index contributed by atoms with van der Waals surface area (Å²) in [5.41, 5.74) is 5.31. The summed E-state index contributed by atoms with van der Waals surface area (Å²) in [7, 11) is 0. The van der Waals surface area contributed by atoms with Crippen LogP contribution in [-0.4, -0.2) is 34.2 Å². The molecule has 1 amide bonds. The molecule has 3 aliphatic rings. The highest BCUT2D eigenvalue weighted by atomic mass is 16.1. The fourth-order valence-corrected chi connectivity index (χ4v) is 6.99. The van der Waals surface area contributed by atoms with Crippen molar-refractivity contribution >= 4 is 22.6 Å². The van der Waals surface area contributed by atoms with E-state index in [4.69, 9.17) is 0 Å². The number of carbonyl (C=O) groups excluding carboxylic acids is 2. The maximum absolute atomic E-state index is 13.0. The number of rotatable bonds is 7. The van der Waals surface area contributed by atoms with Gasteiger partial charge in [-0.25, -0.2) is 0 Å². The number of hydrogen-bond acceptors (Lipinski definition) is 4. The maximum Gasteiger partial charge on any atom is 0.252 e. The highest BCUT2D eigenvalue weighted by Gasteiger charge is 2.43. The summed E-state index contributed by atoms with van der Waals surface area (Å²) in [5.74, 6) is 1.02. The normalized spacial score (nSPS) is 24.9. The molecule has 1 aromatic heterocycles. The van der Waals surface area contributed by atoms with E-state index in [0.29, 0.717) is 12.1 Å². The van der Waals surface area contributed by atoms with E-state index in [1.54, 1.807) is 6.20 Å². The summed E-state index contributed by atoms with van der Waals surface area (Å²) in [6, 6.07) is 17.3. The molecule has 2 aromatic carbocycles. The number of hydrogen-bond donors (Lipinski definition) is 1. The fourth-order valence-electron chi connectivity index (χ4n) is 6.99. The van der Waals surface area contributed by atoms with Gasteiger partial charge in [0.1, 0.15) is 0 Å². The second kappa shape index (κ2) is 10.0. The first-order chi connectivity index (χ1) is 18.0. The Balaban J connectivity index is 1.02. The standard InChI is InChI=1S/C32H37N3O2/c1-20(2)31(36)22-10-13-25-27(19-22)30-15-14-29(25)35(30)18-16-21-8-11-23(12-9-21)34-32(37)26-5-3-7-28-24(26)6-4-17-33-28/h3-7,10,13,17,19-21,23,29-30H,8-9,11-12,14-16,18H2,1-2H3,(H,34,37). The van der Waals surface area contributed by atoms with E-state index in [-0.39, 0.29) is 23.7 Å². The fraction of sp³-hybridized carbons (Fsp3) is 0.469. The lowest BCUT2D eigenvalue weighted by Crippen LogP contribution is -2.38. The first kappa shape index (κ1) is 24.3. The number of nitrogens with one attached hydrogen (secondary N) is 1. The van der Waals surface area contributed by atoms with Crippen molar-refractivity contribution in [1.82, 2.24) is 15.2 Å². The van der Waals surface area contributed by atoms with Gasteiger partial charge in [-0.05, 0) is 92.8 Å². The molecular formula is C32H37N3O2. The summed E-state index contributed by atoms with van der Waals surface area (Å²) in [6.07, 6.45) is 9.87. The molecule has 1 N–H and O–H groups in total. The predicted octanol–water partition coefficient (Wildman–Crippen LogP) is 6.64. The van der Waals surface area contributed by atoms with Crippen LogP contribution in [0.25, 0.3) is 10.9 Å². The van der Waals surface area contributed by atoms with E-state index >= 15 is 0 Å². The van der Waals surface area contributed by atoms with E-state index in [1.807, 2.05) is 50.2 Å². The first-order valence-corrected chi connectivity index (χ1v) is 14.1. The van der Waals surface area contributed by atoms with Gasteiger partial charge in [-0.15, -0.1) is 0 Å². The van der Waals surface area contributed by atoms with Gasteiger partial charge in [0.05, 0.1) is 5.52 Å². The summed E-state index contributed by atoms with van der Waals surface area (Å²) >= 11 is 0. The van der Waals surface area contributed by atoms with Gasteiger partial charge in [0.2, 0.25) is 0 Å². The van der Waals surface area contributed by atoms with E-state index in [0.717, 1.165) is 47.3 Å². The van der Waals surface area contributed by atoms with Gasteiger partial charge in [0.25, 0.3) is 5.91 Å². The molecule has 6 rings (SSSR count). The van der Waals surface area contributed by atoms with Gasteiger partial charge in [0.15, 0.2) is 5.78 Å². The number of Topliss-reactive ketones (excluding diaryl/α,β-unsaturated/α-hetero) is 1. The van der Waals surface area contributed by atoms with E-state index < -0.39 is 0 Å².